The summed E-state index contributed by atoms with van der Waals surface area (Å²) >= 11 is 5.28. The van der Waals surface area contributed by atoms with Crippen LogP contribution in [-0.4, -0.2) is 24.0 Å². The lowest BCUT2D eigenvalue weighted by Gasteiger charge is -2.37. The van der Waals surface area contributed by atoms with Gasteiger partial charge >= 0.3 is 0 Å². The van der Waals surface area contributed by atoms with Crippen molar-refractivity contribution in [3.05, 3.63) is 20.8 Å². The maximum atomic E-state index is 5.91. The molecule has 0 aromatic carbocycles. The van der Waals surface area contributed by atoms with Gasteiger partial charge in [0.25, 0.3) is 0 Å². The predicted octanol–water partition coefficient (Wildman–Crippen LogP) is 3.46. The molecule has 1 aromatic heterocycles. The lowest BCUT2D eigenvalue weighted by molar-refractivity contribution is 0.126. The fourth-order valence-electron chi connectivity index (χ4n) is 1.85. The topological polar surface area (TPSA) is 29.3 Å². The molecule has 0 spiro atoms. The highest BCUT2D eigenvalue weighted by Crippen LogP contribution is 2.25. The van der Waals surface area contributed by atoms with Crippen molar-refractivity contribution in [3.63, 3.8) is 0 Å². The van der Waals surface area contributed by atoms with Crippen LogP contribution in [0.1, 0.15) is 31.6 Å². The summed E-state index contributed by atoms with van der Waals surface area (Å²) in [4.78, 5) is 3.75. The third-order valence-electron chi connectivity index (χ3n) is 3.16. The normalized spacial score (nSPS) is 15.4. The molecule has 0 bridgehead atoms. The molecule has 1 rings (SSSR count). The van der Waals surface area contributed by atoms with E-state index in [2.05, 4.69) is 53.2 Å². The molecule has 0 fully saturated rings. The van der Waals surface area contributed by atoms with Crippen LogP contribution in [0.15, 0.2) is 15.9 Å². The van der Waals surface area contributed by atoms with Gasteiger partial charge in [0.2, 0.25) is 0 Å². The summed E-state index contributed by atoms with van der Waals surface area (Å²) in [6.07, 6.45) is 2.32. The Bertz CT molecular complexity index is 327. The third-order valence-corrected chi connectivity index (χ3v) is 4.85. The van der Waals surface area contributed by atoms with Crippen LogP contribution in [0.2, 0.25) is 0 Å². The lowest BCUT2D eigenvalue weighted by atomic mass is 9.94. The second-order valence-corrected chi connectivity index (χ2v) is 6.45. The number of halogens is 1. The number of nitrogens with zero attached hydrogens (tertiary/aromatic N) is 1. The largest absolute Gasteiger partial charge is 0.329 e. The van der Waals surface area contributed by atoms with Gasteiger partial charge in [0, 0.05) is 33.4 Å². The first kappa shape index (κ1) is 14.2. The second-order valence-electron chi connectivity index (χ2n) is 4.54. The van der Waals surface area contributed by atoms with E-state index in [9.17, 15) is 0 Å². The zero-order chi connectivity index (χ0) is 12.2. The SMILES string of the molecule is CCCC(C)(CN)N(C)Cc1cc(Br)cs1. The minimum absolute atomic E-state index is 0.116. The average molecular weight is 305 g/mol. The minimum atomic E-state index is 0.116. The van der Waals surface area contributed by atoms with Gasteiger partial charge in [0.15, 0.2) is 0 Å². The Balaban J connectivity index is 2.65. The van der Waals surface area contributed by atoms with Gasteiger partial charge in [0.1, 0.15) is 0 Å². The summed E-state index contributed by atoms with van der Waals surface area (Å²) in [6.45, 7) is 6.15. The van der Waals surface area contributed by atoms with Crippen molar-refractivity contribution in [2.24, 2.45) is 5.73 Å². The first-order chi connectivity index (χ1) is 7.51. The summed E-state index contributed by atoms with van der Waals surface area (Å²) in [6, 6.07) is 2.18. The van der Waals surface area contributed by atoms with E-state index < -0.39 is 0 Å². The quantitative estimate of drug-likeness (QED) is 0.872. The van der Waals surface area contributed by atoms with Crippen molar-refractivity contribution in [1.29, 1.82) is 0 Å². The molecular formula is C12H21BrN2S. The Morgan fingerprint density at radius 1 is 1.56 bits per heavy atom. The highest BCUT2D eigenvalue weighted by Gasteiger charge is 2.26. The highest BCUT2D eigenvalue weighted by molar-refractivity contribution is 9.10. The van der Waals surface area contributed by atoms with Crippen LogP contribution >= 0.6 is 27.3 Å². The first-order valence-corrected chi connectivity index (χ1v) is 7.33. The average Bonchev–Trinajstić information content (AvgIpc) is 2.64. The fourth-order valence-corrected chi connectivity index (χ4v) is 3.35. The third kappa shape index (κ3) is 3.55. The Labute approximate surface area is 111 Å². The van der Waals surface area contributed by atoms with Gasteiger partial charge in [-0.1, -0.05) is 13.3 Å². The van der Waals surface area contributed by atoms with E-state index >= 15 is 0 Å². The van der Waals surface area contributed by atoms with Crippen molar-refractivity contribution in [2.45, 2.75) is 38.8 Å². The van der Waals surface area contributed by atoms with Crippen LogP contribution in [0.5, 0.6) is 0 Å². The van der Waals surface area contributed by atoms with Gasteiger partial charge in [-0.15, -0.1) is 11.3 Å². The van der Waals surface area contributed by atoms with Crippen molar-refractivity contribution in [2.75, 3.05) is 13.6 Å². The Hall–Kier alpha value is 0.1000. The summed E-state index contributed by atoms with van der Waals surface area (Å²) in [5, 5.41) is 2.13. The Kier molecular flexibility index (Phi) is 5.44. The monoisotopic (exact) mass is 304 g/mol. The second kappa shape index (κ2) is 6.15. The fraction of sp³-hybridized carbons (Fsp3) is 0.667. The molecule has 0 radical (unpaired) electrons. The summed E-state index contributed by atoms with van der Waals surface area (Å²) in [5.41, 5.74) is 6.02. The molecule has 4 heteroatoms. The predicted molar refractivity (Wildman–Crippen MR) is 75.9 cm³/mol. The van der Waals surface area contributed by atoms with Crippen LogP contribution in [0.4, 0.5) is 0 Å². The molecule has 0 saturated heterocycles. The maximum Gasteiger partial charge on any atom is 0.0331 e. The molecule has 1 heterocycles. The molecule has 1 unspecified atom stereocenters. The molecule has 0 aliphatic carbocycles. The smallest absolute Gasteiger partial charge is 0.0331 e. The van der Waals surface area contributed by atoms with E-state index in [4.69, 9.17) is 5.73 Å². The van der Waals surface area contributed by atoms with Crippen molar-refractivity contribution >= 4 is 27.3 Å². The van der Waals surface area contributed by atoms with E-state index in [0.29, 0.717) is 6.54 Å². The van der Waals surface area contributed by atoms with E-state index in [0.717, 1.165) is 13.0 Å². The van der Waals surface area contributed by atoms with Crippen molar-refractivity contribution < 1.29 is 0 Å². The molecule has 1 atom stereocenters. The number of rotatable bonds is 6. The first-order valence-electron chi connectivity index (χ1n) is 5.66. The van der Waals surface area contributed by atoms with Gasteiger partial charge in [-0.3, -0.25) is 4.90 Å². The standard InChI is InChI=1S/C12H21BrN2S/c1-4-5-12(2,9-14)15(3)7-11-6-10(13)8-16-11/h6,8H,4-5,7,9,14H2,1-3H3. The number of thiophene rings is 1. The van der Waals surface area contributed by atoms with Crippen LogP contribution in [0, 0.1) is 0 Å². The zero-order valence-corrected chi connectivity index (χ0v) is 12.7. The molecule has 1 aromatic rings. The molecule has 0 saturated carbocycles. The van der Waals surface area contributed by atoms with Gasteiger partial charge in [-0.25, -0.2) is 0 Å². The Morgan fingerprint density at radius 2 is 2.25 bits per heavy atom. The van der Waals surface area contributed by atoms with Crippen LogP contribution in [-0.2, 0) is 6.54 Å². The Morgan fingerprint density at radius 3 is 2.69 bits per heavy atom. The number of hydrogen-bond donors (Lipinski definition) is 1. The maximum absolute atomic E-state index is 5.91. The minimum Gasteiger partial charge on any atom is -0.329 e. The summed E-state index contributed by atoms with van der Waals surface area (Å²) < 4.78 is 1.17. The molecule has 0 aliphatic rings. The molecule has 92 valence electrons. The van der Waals surface area contributed by atoms with E-state index in [1.807, 2.05) is 0 Å². The van der Waals surface area contributed by atoms with Crippen molar-refractivity contribution in [3.8, 4) is 0 Å². The summed E-state index contributed by atoms with van der Waals surface area (Å²) in [5.74, 6) is 0. The molecule has 2 nitrogen and oxygen atoms in total. The lowest BCUT2D eigenvalue weighted by Crippen LogP contribution is -2.49. The van der Waals surface area contributed by atoms with E-state index in [1.54, 1.807) is 11.3 Å². The van der Waals surface area contributed by atoms with Crippen LogP contribution < -0.4 is 5.73 Å². The molecule has 0 aliphatic heterocycles. The van der Waals surface area contributed by atoms with Gasteiger partial charge in [-0.2, -0.15) is 0 Å². The number of nitrogens with two attached hydrogens (primary N) is 1. The van der Waals surface area contributed by atoms with Crippen LogP contribution in [0.25, 0.3) is 0 Å². The number of likely N-dealkylation sites (N-methyl/N-ethyl adjacent to an activating group) is 1. The van der Waals surface area contributed by atoms with Gasteiger partial charge in [-0.05, 0) is 42.4 Å². The molecular weight excluding hydrogens is 284 g/mol. The molecule has 16 heavy (non-hydrogen) atoms. The highest BCUT2D eigenvalue weighted by atomic mass is 79.9. The molecule has 2 N–H and O–H groups in total. The summed E-state index contributed by atoms with van der Waals surface area (Å²) in [7, 11) is 2.16. The van der Waals surface area contributed by atoms with Crippen LogP contribution in [0.3, 0.4) is 0 Å². The van der Waals surface area contributed by atoms with E-state index in [1.165, 1.54) is 15.8 Å². The van der Waals surface area contributed by atoms with Gasteiger partial charge in [0.05, 0.1) is 0 Å². The van der Waals surface area contributed by atoms with Gasteiger partial charge < -0.3 is 5.73 Å². The van der Waals surface area contributed by atoms with Crippen molar-refractivity contribution in [1.82, 2.24) is 4.90 Å². The molecule has 0 amide bonds. The zero-order valence-electron chi connectivity index (χ0n) is 10.3. The number of hydrogen-bond acceptors (Lipinski definition) is 3. The van der Waals surface area contributed by atoms with E-state index in [-0.39, 0.29) is 5.54 Å².